The van der Waals surface area contributed by atoms with Gasteiger partial charge in [-0.25, -0.2) is 9.69 Å². The summed E-state index contributed by atoms with van der Waals surface area (Å²) in [5, 5.41) is 10.8. The number of carbonyl (C=O) groups is 3. The van der Waals surface area contributed by atoms with Crippen molar-refractivity contribution in [3.8, 4) is 11.8 Å². The van der Waals surface area contributed by atoms with E-state index in [1.807, 2.05) is 26.0 Å². The Balaban J connectivity index is 1.97. The van der Waals surface area contributed by atoms with Gasteiger partial charge in [0.2, 0.25) is 0 Å². The van der Waals surface area contributed by atoms with Crippen molar-refractivity contribution < 1.29 is 19.1 Å². The molecule has 0 unspecified atom stereocenters. The van der Waals surface area contributed by atoms with Crippen LogP contribution in [0.1, 0.15) is 16.7 Å². The topological polar surface area (TPSA) is 99.5 Å². The van der Waals surface area contributed by atoms with Gasteiger partial charge in [0.25, 0.3) is 11.8 Å². The molecule has 146 valence electrons. The number of nitriles is 1. The van der Waals surface area contributed by atoms with Crippen molar-refractivity contribution in [1.29, 1.82) is 5.26 Å². The van der Waals surface area contributed by atoms with Crippen molar-refractivity contribution in [3.63, 3.8) is 0 Å². The molecule has 4 amide bonds. The normalized spacial score (nSPS) is 15.3. The van der Waals surface area contributed by atoms with Crippen LogP contribution >= 0.6 is 15.9 Å². The van der Waals surface area contributed by atoms with Gasteiger partial charge in [-0.05, 0) is 76.8 Å². The van der Waals surface area contributed by atoms with Gasteiger partial charge in [0, 0.05) is 0 Å². The molecule has 1 N–H and O–H groups in total. The Bertz CT molecular complexity index is 1080. The zero-order valence-corrected chi connectivity index (χ0v) is 17.2. The molecule has 1 aliphatic rings. The number of imide groups is 2. The van der Waals surface area contributed by atoms with E-state index in [0.717, 1.165) is 16.0 Å². The maximum Gasteiger partial charge on any atom is 0.335 e. The number of nitrogens with zero attached hydrogens (tertiary/aromatic N) is 2. The van der Waals surface area contributed by atoms with Crippen molar-refractivity contribution in [1.82, 2.24) is 5.32 Å². The number of anilines is 1. The van der Waals surface area contributed by atoms with Gasteiger partial charge in [-0.2, -0.15) is 5.26 Å². The Hall–Kier alpha value is -3.44. The molecule has 0 bridgehead atoms. The van der Waals surface area contributed by atoms with Crippen LogP contribution in [-0.2, 0) is 9.59 Å². The molecule has 0 atom stereocenters. The summed E-state index contributed by atoms with van der Waals surface area (Å²) in [5.74, 6) is -1.01. The number of nitrogens with one attached hydrogen (secondary N) is 1. The van der Waals surface area contributed by atoms with Crippen LogP contribution in [0.2, 0.25) is 0 Å². The van der Waals surface area contributed by atoms with Gasteiger partial charge in [0.15, 0.2) is 6.61 Å². The van der Waals surface area contributed by atoms with Gasteiger partial charge in [0.05, 0.1) is 10.2 Å². The highest BCUT2D eigenvalue weighted by molar-refractivity contribution is 9.10. The quantitative estimate of drug-likeness (QED) is 0.562. The largest absolute Gasteiger partial charge is 0.478 e. The number of halogens is 1. The summed E-state index contributed by atoms with van der Waals surface area (Å²) < 4.78 is 5.82. The molecule has 29 heavy (non-hydrogen) atoms. The zero-order chi connectivity index (χ0) is 21.1. The number of aryl methyl sites for hydroxylation is 2. The fourth-order valence-corrected chi connectivity index (χ4v) is 3.48. The van der Waals surface area contributed by atoms with Gasteiger partial charge in [-0.3, -0.25) is 14.9 Å². The summed E-state index contributed by atoms with van der Waals surface area (Å²) in [6.45, 7) is 3.61. The predicted octanol–water partition coefficient (Wildman–Crippen LogP) is 3.63. The van der Waals surface area contributed by atoms with E-state index in [1.54, 1.807) is 30.3 Å². The Kier molecular flexibility index (Phi) is 5.80. The lowest BCUT2D eigenvalue weighted by Crippen LogP contribution is -2.54. The number of carbonyl (C=O) groups excluding carboxylic acids is 3. The Morgan fingerprint density at radius 2 is 1.83 bits per heavy atom. The summed E-state index contributed by atoms with van der Waals surface area (Å²) in [6, 6.07) is 11.3. The lowest BCUT2D eigenvalue weighted by atomic mass is 10.1. The van der Waals surface area contributed by atoms with Crippen LogP contribution in [0, 0.1) is 25.2 Å². The van der Waals surface area contributed by atoms with E-state index in [9.17, 15) is 14.4 Å². The second-order valence-electron chi connectivity index (χ2n) is 6.44. The summed E-state index contributed by atoms with van der Waals surface area (Å²) >= 11 is 3.33. The van der Waals surface area contributed by atoms with Crippen LogP contribution in [0.5, 0.6) is 5.75 Å². The molecule has 2 aromatic rings. The first kappa shape index (κ1) is 20.3. The van der Waals surface area contributed by atoms with E-state index < -0.39 is 17.8 Å². The number of urea groups is 1. The van der Waals surface area contributed by atoms with E-state index in [0.29, 0.717) is 21.5 Å². The molecule has 0 aromatic heterocycles. The van der Waals surface area contributed by atoms with E-state index in [4.69, 9.17) is 10.00 Å². The van der Waals surface area contributed by atoms with Crippen molar-refractivity contribution in [2.75, 3.05) is 11.5 Å². The van der Waals surface area contributed by atoms with Crippen molar-refractivity contribution in [2.24, 2.45) is 0 Å². The van der Waals surface area contributed by atoms with E-state index in [1.165, 1.54) is 6.08 Å². The molecule has 1 heterocycles. The molecule has 1 fully saturated rings. The second kappa shape index (κ2) is 8.29. The van der Waals surface area contributed by atoms with Gasteiger partial charge in [0.1, 0.15) is 17.4 Å². The third-order valence-corrected chi connectivity index (χ3v) is 4.75. The Labute approximate surface area is 175 Å². The van der Waals surface area contributed by atoms with Gasteiger partial charge in [-0.15, -0.1) is 0 Å². The van der Waals surface area contributed by atoms with Crippen LogP contribution in [0.25, 0.3) is 6.08 Å². The number of amides is 4. The summed E-state index contributed by atoms with van der Waals surface area (Å²) in [6.07, 6.45) is 1.40. The molecule has 8 heteroatoms. The molecule has 0 spiro atoms. The number of rotatable bonds is 4. The van der Waals surface area contributed by atoms with Crippen molar-refractivity contribution in [2.45, 2.75) is 13.8 Å². The van der Waals surface area contributed by atoms with E-state index >= 15 is 0 Å². The van der Waals surface area contributed by atoms with Crippen LogP contribution in [0.15, 0.2) is 46.4 Å². The third kappa shape index (κ3) is 4.36. The molecule has 0 radical (unpaired) electrons. The van der Waals surface area contributed by atoms with Crippen LogP contribution in [0.3, 0.4) is 0 Å². The zero-order valence-electron chi connectivity index (χ0n) is 15.7. The lowest BCUT2D eigenvalue weighted by Gasteiger charge is -2.27. The Morgan fingerprint density at radius 3 is 2.45 bits per heavy atom. The van der Waals surface area contributed by atoms with Gasteiger partial charge < -0.3 is 4.74 Å². The first-order chi connectivity index (χ1) is 13.8. The average Bonchev–Trinajstić information content (AvgIpc) is 2.63. The molecular weight excluding hydrogens is 438 g/mol. The molecule has 1 saturated heterocycles. The predicted molar refractivity (Wildman–Crippen MR) is 110 cm³/mol. The van der Waals surface area contributed by atoms with E-state index in [-0.39, 0.29) is 12.2 Å². The minimum Gasteiger partial charge on any atom is -0.478 e. The highest BCUT2D eigenvalue weighted by Crippen LogP contribution is 2.28. The molecular formula is C21H16BrN3O4. The van der Waals surface area contributed by atoms with E-state index in [2.05, 4.69) is 21.2 Å². The number of benzene rings is 2. The summed E-state index contributed by atoms with van der Waals surface area (Å²) in [4.78, 5) is 38.6. The molecule has 7 nitrogen and oxygen atoms in total. The SMILES string of the molecule is Cc1cc(C)cc(N2C(=O)NC(=O)/C(=C\c3ccc(OCC#N)c(Br)c3)C2=O)c1. The lowest BCUT2D eigenvalue weighted by molar-refractivity contribution is -0.122. The smallest absolute Gasteiger partial charge is 0.335 e. The third-order valence-electron chi connectivity index (χ3n) is 4.13. The maximum atomic E-state index is 13.0. The standard InChI is InChI=1S/C21H16BrN3O4/c1-12-7-13(2)9-15(8-12)25-20(27)16(19(26)24-21(25)28)10-14-3-4-18(17(22)11-14)29-6-5-23/h3-4,7-11H,6H2,1-2H3,(H,24,26,28)/b16-10+. The average molecular weight is 454 g/mol. The van der Waals surface area contributed by atoms with Gasteiger partial charge >= 0.3 is 6.03 Å². The Morgan fingerprint density at radius 1 is 1.14 bits per heavy atom. The molecule has 0 aliphatic carbocycles. The second-order valence-corrected chi connectivity index (χ2v) is 7.29. The van der Waals surface area contributed by atoms with Crippen LogP contribution in [0.4, 0.5) is 10.5 Å². The summed E-state index contributed by atoms with van der Waals surface area (Å²) in [7, 11) is 0. The fourth-order valence-electron chi connectivity index (χ4n) is 2.97. The first-order valence-electron chi connectivity index (χ1n) is 8.59. The molecule has 3 rings (SSSR count). The van der Waals surface area contributed by atoms with Gasteiger partial charge in [-0.1, -0.05) is 12.1 Å². The van der Waals surface area contributed by atoms with Crippen molar-refractivity contribution >= 4 is 45.5 Å². The molecule has 1 aliphatic heterocycles. The minimum absolute atomic E-state index is 0.104. The highest BCUT2D eigenvalue weighted by atomic mass is 79.9. The van der Waals surface area contributed by atoms with Crippen LogP contribution in [-0.4, -0.2) is 24.5 Å². The fraction of sp³-hybridized carbons (Fsp3) is 0.143. The maximum absolute atomic E-state index is 13.0. The number of ether oxygens (including phenoxy) is 1. The number of hydrogen-bond donors (Lipinski definition) is 1. The molecule has 2 aromatic carbocycles. The number of hydrogen-bond acceptors (Lipinski definition) is 5. The molecule has 0 saturated carbocycles. The van der Waals surface area contributed by atoms with Crippen LogP contribution < -0.4 is 15.0 Å². The summed E-state index contributed by atoms with van der Waals surface area (Å²) in [5.41, 5.74) is 2.56. The highest BCUT2D eigenvalue weighted by Gasteiger charge is 2.36. The minimum atomic E-state index is -0.788. The monoisotopic (exact) mass is 453 g/mol. The number of barbiturate groups is 1. The van der Waals surface area contributed by atoms with Crippen molar-refractivity contribution in [3.05, 3.63) is 63.1 Å². The first-order valence-corrected chi connectivity index (χ1v) is 9.38.